The Bertz CT molecular complexity index is 304. The van der Waals surface area contributed by atoms with Gasteiger partial charge in [-0.15, -0.1) is 0 Å². The summed E-state index contributed by atoms with van der Waals surface area (Å²) in [6.45, 7) is 5.57. The van der Waals surface area contributed by atoms with Gasteiger partial charge in [-0.1, -0.05) is 31.5 Å². The minimum absolute atomic E-state index is 0.750. The summed E-state index contributed by atoms with van der Waals surface area (Å²) in [5.74, 6) is 0.750. The SMILES string of the molecule is CCCC1CNc2c(C)cccc21. The highest BCUT2D eigenvalue weighted by Crippen LogP contribution is 2.36. The summed E-state index contributed by atoms with van der Waals surface area (Å²) in [6.07, 6.45) is 2.59. The topological polar surface area (TPSA) is 12.0 Å². The van der Waals surface area contributed by atoms with E-state index >= 15 is 0 Å². The maximum absolute atomic E-state index is 3.50. The lowest BCUT2D eigenvalue weighted by atomic mass is 9.95. The first-order chi connectivity index (χ1) is 6.33. The van der Waals surface area contributed by atoms with Crippen LogP contribution in [0.2, 0.25) is 0 Å². The number of fused-ring (bicyclic) bond motifs is 1. The molecule has 0 aromatic heterocycles. The molecule has 0 saturated carbocycles. The first-order valence-electron chi connectivity index (χ1n) is 5.16. The zero-order valence-electron chi connectivity index (χ0n) is 8.43. The van der Waals surface area contributed by atoms with E-state index in [0.29, 0.717) is 0 Å². The van der Waals surface area contributed by atoms with Crippen molar-refractivity contribution in [3.8, 4) is 0 Å². The first kappa shape index (κ1) is 8.61. The van der Waals surface area contributed by atoms with Crippen LogP contribution in [0.5, 0.6) is 0 Å². The quantitative estimate of drug-likeness (QED) is 0.727. The van der Waals surface area contributed by atoms with E-state index in [1.807, 2.05) is 0 Å². The highest BCUT2D eigenvalue weighted by Gasteiger charge is 2.21. The Hall–Kier alpha value is -0.980. The number of benzene rings is 1. The van der Waals surface area contributed by atoms with Crippen molar-refractivity contribution >= 4 is 5.69 Å². The Morgan fingerprint density at radius 1 is 1.46 bits per heavy atom. The van der Waals surface area contributed by atoms with E-state index in [1.54, 1.807) is 0 Å². The number of rotatable bonds is 2. The molecule has 1 unspecified atom stereocenters. The van der Waals surface area contributed by atoms with Crippen molar-refractivity contribution in [1.82, 2.24) is 0 Å². The summed E-state index contributed by atoms with van der Waals surface area (Å²) >= 11 is 0. The molecule has 1 heteroatoms. The molecular weight excluding hydrogens is 158 g/mol. The Kier molecular flexibility index (Phi) is 2.26. The van der Waals surface area contributed by atoms with Crippen LogP contribution in [0.4, 0.5) is 5.69 Å². The number of para-hydroxylation sites is 1. The highest BCUT2D eigenvalue weighted by atomic mass is 14.9. The van der Waals surface area contributed by atoms with Crippen LogP contribution in [-0.4, -0.2) is 6.54 Å². The van der Waals surface area contributed by atoms with E-state index in [9.17, 15) is 0 Å². The molecule has 1 nitrogen and oxygen atoms in total. The number of anilines is 1. The first-order valence-corrected chi connectivity index (χ1v) is 5.16. The fourth-order valence-corrected chi connectivity index (χ4v) is 2.21. The van der Waals surface area contributed by atoms with Gasteiger partial charge in [0.1, 0.15) is 0 Å². The van der Waals surface area contributed by atoms with E-state index < -0.39 is 0 Å². The van der Waals surface area contributed by atoms with E-state index in [-0.39, 0.29) is 0 Å². The highest BCUT2D eigenvalue weighted by molar-refractivity contribution is 5.62. The largest absolute Gasteiger partial charge is 0.384 e. The van der Waals surface area contributed by atoms with Gasteiger partial charge in [-0.25, -0.2) is 0 Å². The summed E-state index contributed by atoms with van der Waals surface area (Å²) in [5.41, 5.74) is 4.30. The second kappa shape index (κ2) is 3.41. The van der Waals surface area contributed by atoms with Gasteiger partial charge in [-0.3, -0.25) is 0 Å². The molecule has 0 spiro atoms. The van der Waals surface area contributed by atoms with Gasteiger partial charge >= 0.3 is 0 Å². The van der Waals surface area contributed by atoms with Crippen molar-refractivity contribution in [2.75, 3.05) is 11.9 Å². The molecule has 0 bridgehead atoms. The zero-order valence-corrected chi connectivity index (χ0v) is 8.43. The maximum atomic E-state index is 3.50. The molecule has 1 aromatic carbocycles. The minimum atomic E-state index is 0.750. The second-order valence-electron chi connectivity index (χ2n) is 3.91. The van der Waals surface area contributed by atoms with Crippen LogP contribution in [-0.2, 0) is 0 Å². The number of nitrogens with one attached hydrogen (secondary N) is 1. The molecule has 0 saturated heterocycles. The predicted molar refractivity (Wildman–Crippen MR) is 57.3 cm³/mol. The monoisotopic (exact) mass is 175 g/mol. The molecule has 1 heterocycles. The third-order valence-electron chi connectivity index (χ3n) is 2.91. The molecular formula is C12H17N. The standard InChI is InChI=1S/C12H17N/c1-3-5-10-8-13-12-9(2)6-4-7-11(10)12/h4,6-7,10,13H,3,5,8H2,1-2H3. The fraction of sp³-hybridized carbons (Fsp3) is 0.500. The van der Waals surface area contributed by atoms with Gasteiger partial charge in [0.05, 0.1) is 0 Å². The Morgan fingerprint density at radius 2 is 2.31 bits per heavy atom. The summed E-state index contributed by atoms with van der Waals surface area (Å²) < 4.78 is 0. The van der Waals surface area contributed by atoms with E-state index in [2.05, 4.69) is 37.4 Å². The molecule has 13 heavy (non-hydrogen) atoms. The minimum Gasteiger partial charge on any atom is -0.384 e. The normalized spacial score (nSPS) is 19.7. The van der Waals surface area contributed by atoms with Crippen molar-refractivity contribution in [3.63, 3.8) is 0 Å². The molecule has 1 aliphatic rings. The van der Waals surface area contributed by atoms with Gasteiger partial charge in [-0.2, -0.15) is 0 Å². The van der Waals surface area contributed by atoms with Crippen molar-refractivity contribution < 1.29 is 0 Å². The van der Waals surface area contributed by atoms with Crippen molar-refractivity contribution in [3.05, 3.63) is 29.3 Å². The predicted octanol–water partition coefficient (Wildman–Crippen LogP) is 3.30. The molecule has 0 aliphatic carbocycles. The Balaban J connectivity index is 2.32. The summed E-state index contributed by atoms with van der Waals surface area (Å²) in [5, 5.41) is 3.50. The molecule has 1 aromatic rings. The van der Waals surface area contributed by atoms with E-state index in [1.165, 1.54) is 29.7 Å². The maximum Gasteiger partial charge on any atom is 0.0406 e. The number of hydrogen-bond acceptors (Lipinski definition) is 1. The van der Waals surface area contributed by atoms with Crippen LogP contribution in [0.1, 0.15) is 36.8 Å². The Morgan fingerprint density at radius 3 is 3.08 bits per heavy atom. The molecule has 1 N–H and O–H groups in total. The molecule has 70 valence electrons. The number of aryl methyl sites for hydroxylation is 1. The second-order valence-corrected chi connectivity index (χ2v) is 3.91. The van der Waals surface area contributed by atoms with Crippen LogP contribution in [0, 0.1) is 6.92 Å². The molecule has 0 amide bonds. The van der Waals surface area contributed by atoms with Gasteiger partial charge in [-0.05, 0) is 24.5 Å². The van der Waals surface area contributed by atoms with Gasteiger partial charge in [0, 0.05) is 18.2 Å². The summed E-state index contributed by atoms with van der Waals surface area (Å²) in [4.78, 5) is 0. The summed E-state index contributed by atoms with van der Waals surface area (Å²) in [7, 11) is 0. The van der Waals surface area contributed by atoms with Crippen LogP contribution in [0.3, 0.4) is 0 Å². The number of hydrogen-bond donors (Lipinski definition) is 1. The smallest absolute Gasteiger partial charge is 0.0406 e. The zero-order chi connectivity index (χ0) is 9.26. The molecule has 1 aliphatic heterocycles. The van der Waals surface area contributed by atoms with Crippen LogP contribution in [0.15, 0.2) is 18.2 Å². The summed E-state index contributed by atoms with van der Waals surface area (Å²) in [6, 6.07) is 6.62. The lowest BCUT2D eigenvalue weighted by molar-refractivity contribution is 0.661. The van der Waals surface area contributed by atoms with E-state index in [4.69, 9.17) is 0 Å². The average molecular weight is 175 g/mol. The van der Waals surface area contributed by atoms with Gasteiger partial charge < -0.3 is 5.32 Å². The van der Waals surface area contributed by atoms with Gasteiger partial charge in [0.15, 0.2) is 0 Å². The molecule has 0 radical (unpaired) electrons. The van der Waals surface area contributed by atoms with Gasteiger partial charge in [0.2, 0.25) is 0 Å². The third kappa shape index (κ3) is 1.43. The van der Waals surface area contributed by atoms with Crippen molar-refractivity contribution in [1.29, 1.82) is 0 Å². The van der Waals surface area contributed by atoms with Crippen molar-refractivity contribution in [2.45, 2.75) is 32.6 Å². The Labute approximate surface area is 80.2 Å². The average Bonchev–Trinajstić information content (AvgIpc) is 2.51. The van der Waals surface area contributed by atoms with E-state index in [0.717, 1.165) is 12.5 Å². The van der Waals surface area contributed by atoms with Crippen molar-refractivity contribution in [2.24, 2.45) is 0 Å². The van der Waals surface area contributed by atoms with Crippen LogP contribution >= 0.6 is 0 Å². The lowest BCUT2D eigenvalue weighted by Crippen LogP contribution is -2.00. The molecule has 1 atom stereocenters. The lowest BCUT2D eigenvalue weighted by Gasteiger charge is -2.08. The van der Waals surface area contributed by atoms with Gasteiger partial charge in [0.25, 0.3) is 0 Å². The third-order valence-corrected chi connectivity index (χ3v) is 2.91. The van der Waals surface area contributed by atoms with Crippen LogP contribution in [0.25, 0.3) is 0 Å². The van der Waals surface area contributed by atoms with Crippen LogP contribution < -0.4 is 5.32 Å². The molecule has 2 rings (SSSR count). The molecule has 0 fully saturated rings. The fourth-order valence-electron chi connectivity index (χ4n) is 2.21.